The summed E-state index contributed by atoms with van der Waals surface area (Å²) in [6.45, 7) is 4.24. The van der Waals surface area contributed by atoms with Gasteiger partial charge in [0.15, 0.2) is 0 Å². The van der Waals surface area contributed by atoms with Gasteiger partial charge in [-0.05, 0) is 29.8 Å². The van der Waals surface area contributed by atoms with Crippen LogP contribution in [-0.4, -0.2) is 21.6 Å². The summed E-state index contributed by atoms with van der Waals surface area (Å²) in [4.78, 5) is 20.3. The van der Waals surface area contributed by atoms with Crippen LogP contribution in [0.3, 0.4) is 0 Å². The zero-order valence-corrected chi connectivity index (χ0v) is 12.6. The van der Waals surface area contributed by atoms with Crippen molar-refractivity contribution in [1.82, 2.24) is 14.5 Å². The van der Waals surface area contributed by atoms with Crippen LogP contribution in [0.15, 0.2) is 28.0 Å². The molecule has 2 aromatic rings. The predicted octanol–water partition coefficient (Wildman–Crippen LogP) is 2.07. The second-order valence-electron chi connectivity index (χ2n) is 4.22. The molecule has 2 aromatic heterocycles. The zero-order chi connectivity index (χ0) is 14.0. The molecule has 2 heterocycles. The molecule has 0 aliphatic heterocycles. The van der Waals surface area contributed by atoms with E-state index in [0.29, 0.717) is 11.0 Å². The summed E-state index contributed by atoms with van der Waals surface area (Å²) >= 11 is 3.18. The first-order valence-corrected chi connectivity index (χ1v) is 6.53. The number of pyridine rings is 1. The van der Waals surface area contributed by atoms with Gasteiger partial charge in [0.25, 0.3) is 5.56 Å². The number of rotatable bonds is 3. The lowest BCUT2D eigenvalue weighted by Crippen LogP contribution is -2.22. The van der Waals surface area contributed by atoms with Gasteiger partial charge in [-0.15, -0.1) is 0 Å². The molecule has 0 atom stereocenters. The van der Waals surface area contributed by atoms with E-state index in [2.05, 4.69) is 25.9 Å². The quantitative estimate of drug-likeness (QED) is 0.867. The highest BCUT2D eigenvalue weighted by atomic mass is 79.9. The number of ether oxygens (including phenoxy) is 1. The monoisotopic (exact) mass is 323 g/mol. The van der Waals surface area contributed by atoms with Crippen LogP contribution in [0.4, 0.5) is 0 Å². The molecule has 0 spiro atoms. The molecule has 0 aliphatic carbocycles. The highest BCUT2D eigenvalue weighted by Gasteiger charge is 2.11. The molecule has 0 aromatic carbocycles. The first-order valence-electron chi connectivity index (χ1n) is 5.73. The fraction of sp³-hybridized carbons (Fsp3) is 0.308. The topological polar surface area (TPSA) is 57.0 Å². The van der Waals surface area contributed by atoms with Gasteiger partial charge >= 0.3 is 0 Å². The van der Waals surface area contributed by atoms with Crippen LogP contribution >= 0.6 is 15.9 Å². The number of aromatic nitrogens is 3. The van der Waals surface area contributed by atoms with Crippen LogP contribution < -0.4 is 10.3 Å². The molecular weight excluding hydrogens is 310 g/mol. The molecule has 0 unspecified atom stereocenters. The third-order valence-corrected chi connectivity index (χ3v) is 3.47. The Kier molecular flexibility index (Phi) is 3.99. The summed E-state index contributed by atoms with van der Waals surface area (Å²) < 4.78 is 7.30. The second kappa shape index (κ2) is 5.52. The number of halogens is 1. The molecule has 6 heteroatoms. The van der Waals surface area contributed by atoms with E-state index in [-0.39, 0.29) is 5.56 Å². The molecule has 2 rings (SSSR count). The molecule has 0 radical (unpaired) electrons. The van der Waals surface area contributed by atoms with Crippen LogP contribution in [0.1, 0.15) is 16.8 Å². The van der Waals surface area contributed by atoms with Crippen molar-refractivity contribution in [3.63, 3.8) is 0 Å². The summed E-state index contributed by atoms with van der Waals surface area (Å²) in [7, 11) is 1.63. The SMILES string of the molecule is COc1c(C)cnc(Cn2cncc(Br)c2=O)c1C. The van der Waals surface area contributed by atoms with E-state index in [9.17, 15) is 4.79 Å². The molecule has 0 fully saturated rings. The fourth-order valence-electron chi connectivity index (χ4n) is 1.93. The zero-order valence-electron chi connectivity index (χ0n) is 11.0. The van der Waals surface area contributed by atoms with Gasteiger partial charge in [-0.2, -0.15) is 0 Å². The van der Waals surface area contributed by atoms with E-state index < -0.39 is 0 Å². The highest BCUT2D eigenvalue weighted by Crippen LogP contribution is 2.24. The predicted molar refractivity (Wildman–Crippen MR) is 75.6 cm³/mol. The average molecular weight is 324 g/mol. The molecule has 0 amide bonds. The number of hydrogen-bond acceptors (Lipinski definition) is 4. The van der Waals surface area contributed by atoms with E-state index in [1.54, 1.807) is 13.3 Å². The van der Waals surface area contributed by atoms with E-state index in [0.717, 1.165) is 22.6 Å². The van der Waals surface area contributed by atoms with E-state index in [4.69, 9.17) is 4.74 Å². The summed E-state index contributed by atoms with van der Waals surface area (Å²) in [5, 5.41) is 0. The Morgan fingerprint density at radius 3 is 2.79 bits per heavy atom. The van der Waals surface area contributed by atoms with Crippen LogP contribution in [0.25, 0.3) is 0 Å². The Labute approximate surface area is 119 Å². The number of hydrogen-bond donors (Lipinski definition) is 0. The normalized spacial score (nSPS) is 10.5. The average Bonchev–Trinajstić information content (AvgIpc) is 2.39. The van der Waals surface area contributed by atoms with Crippen molar-refractivity contribution in [2.45, 2.75) is 20.4 Å². The van der Waals surface area contributed by atoms with Gasteiger partial charge in [-0.25, -0.2) is 4.98 Å². The van der Waals surface area contributed by atoms with Crippen molar-refractivity contribution >= 4 is 15.9 Å². The standard InChI is InChI=1S/C13H14BrN3O2/c1-8-4-16-11(9(2)12(8)19-3)6-17-7-15-5-10(14)13(17)18/h4-5,7H,6H2,1-3H3. The number of nitrogens with zero attached hydrogens (tertiary/aromatic N) is 3. The Morgan fingerprint density at radius 2 is 2.11 bits per heavy atom. The van der Waals surface area contributed by atoms with E-state index in [1.165, 1.54) is 17.1 Å². The lowest BCUT2D eigenvalue weighted by Gasteiger charge is -2.13. The van der Waals surface area contributed by atoms with Gasteiger partial charge in [0.05, 0.1) is 25.7 Å². The van der Waals surface area contributed by atoms with Crippen molar-refractivity contribution in [3.05, 3.63) is 50.4 Å². The Morgan fingerprint density at radius 1 is 1.37 bits per heavy atom. The van der Waals surface area contributed by atoms with Crippen LogP contribution in [-0.2, 0) is 6.54 Å². The first kappa shape index (κ1) is 13.7. The molecule has 5 nitrogen and oxygen atoms in total. The van der Waals surface area contributed by atoms with Crippen LogP contribution in [0, 0.1) is 13.8 Å². The van der Waals surface area contributed by atoms with Crippen molar-refractivity contribution in [2.75, 3.05) is 7.11 Å². The van der Waals surface area contributed by atoms with Crippen molar-refractivity contribution in [3.8, 4) is 5.75 Å². The minimum atomic E-state index is -0.129. The lowest BCUT2D eigenvalue weighted by molar-refractivity contribution is 0.406. The molecule has 100 valence electrons. The van der Waals surface area contributed by atoms with Crippen LogP contribution in [0.5, 0.6) is 5.75 Å². The maximum absolute atomic E-state index is 11.9. The Balaban J connectivity index is 2.45. The summed E-state index contributed by atoms with van der Waals surface area (Å²) in [5.41, 5.74) is 2.58. The van der Waals surface area contributed by atoms with Crippen molar-refractivity contribution < 1.29 is 4.74 Å². The van der Waals surface area contributed by atoms with Crippen molar-refractivity contribution in [2.24, 2.45) is 0 Å². The van der Waals surface area contributed by atoms with E-state index in [1.807, 2.05) is 13.8 Å². The van der Waals surface area contributed by atoms with Gasteiger partial charge in [0.1, 0.15) is 10.2 Å². The molecular formula is C13H14BrN3O2. The van der Waals surface area contributed by atoms with Crippen LogP contribution in [0.2, 0.25) is 0 Å². The Bertz CT molecular complexity index is 667. The number of methoxy groups -OCH3 is 1. The molecule has 0 bridgehead atoms. The largest absolute Gasteiger partial charge is 0.496 e. The fourth-order valence-corrected chi connectivity index (χ4v) is 2.27. The van der Waals surface area contributed by atoms with Gasteiger partial charge in [0, 0.05) is 23.5 Å². The minimum absolute atomic E-state index is 0.129. The van der Waals surface area contributed by atoms with Crippen molar-refractivity contribution in [1.29, 1.82) is 0 Å². The molecule has 0 aliphatic rings. The highest BCUT2D eigenvalue weighted by molar-refractivity contribution is 9.10. The van der Waals surface area contributed by atoms with E-state index >= 15 is 0 Å². The van der Waals surface area contributed by atoms with Gasteiger partial charge in [0.2, 0.25) is 0 Å². The second-order valence-corrected chi connectivity index (χ2v) is 5.08. The molecule has 0 saturated heterocycles. The third-order valence-electron chi connectivity index (χ3n) is 2.93. The van der Waals surface area contributed by atoms with Gasteiger partial charge in [-0.1, -0.05) is 0 Å². The third kappa shape index (κ3) is 2.68. The van der Waals surface area contributed by atoms with Gasteiger partial charge < -0.3 is 4.74 Å². The maximum atomic E-state index is 11.9. The summed E-state index contributed by atoms with van der Waals surface area (Å²) in [6, 6.07) is 0. The Hall–Kier alpha value is -1.69. The lowest BCUT2D eigenvalue weighted by atomic mass is 10.1. The summed E-state index contributed by atoms with van der Waals surface area (Å²) in [5.74, 6) is 0.806. The first-order chi connectivity index (χ1) is 9.04. The molecule has 0 N–H and O–H groups in total. The van der Waals surface area contributed by atoms with Gasteiger partial charge in [-0.3, -0.25) is 14.3 Å². The minimum Gasteiger partial charge on any atom is -0.496 e. The molecule has 0 saturated carbocycles. The smallest absolute Gasteiger partial charge is 0.267 e. The molecule has 19 heavy (non-hydrogen) atoms. The summed E-state index contributed by atoms with van der Waals surface area (Å²) in [6.07, 6.45) is 4.73. The maximum Gasteiger partial charge on any atom is 0.267 e. The number of aryl methyl sites for hydroxylation is 1.